The molecule has 0 heterocycles. The molecule has 5 nitrogen and oxygen atoms in total. The summed E-state index contributed by atoms with van der Waals surface area (Å²) in [4.78, 5) is 23.3. The summed E-state index contributed by atoms with van der Waals surface area (Å²) in [6.45, 7) is 1.90. The molecular weight excluding hydrogens is 372 g/mol. The molecule has 26 heavy (non-hydrogen) atoms. The zero-order valence-corrected chi connectivity index (χ0v) is 15.8. The first-order valence-corrected chi connectivity index (χ1v) is 8.83. The van der Waals surface area contributed by atoms with Crippen LogP contribution in [0.25, 0.3) is 0 Å². The van der Waals surface area contributed by atoms with Crippen LogP contribution in [0.2, 0.25) is 5.02 Å². The molecule has 1 amide bonds. The van der Waals surface area contributed by atoms with E-state index in [2.05, 4.69) is 10.6 Å². The molecule has 2 aromatic carbocycles. The van der Waals surface area contributed by atoms with Crippen molar-refractivity contribution in [2.24, 2.45) is 0 Å². The van der Waals surface area contributed by atoms with E-state index in [0.717, 1.165) is 0 Å². The van der Waals surface area contributed by atoms with Gasteiger partial charge in [-0.15, -0.1) is 0 Å². The van der Waals surface area contributed by atoms with Crippen LogP contribution in [0.3, 0.4) is 0 Å². The van der Waals surface area contributed by atoms with Crippen molar-refractivity contribution in [3.8, 4) is 5.75 Å². The van der Waals surface area contributed by atoms with Gasteiger partial charge in [-0.3, -0.25) is 9.59 Å². The van der Waals surface area contributed by atoms with Gasteiger partial charge in [0.25, 0.3) is 0 Å². The van der Waals surface area contributed by atoms with Crippen LogP contribution in [0.1, 0.15) is 30.1 Å². The van der Waals surface area contributed by atoms with Crippen molar-refractivity contribution in [3.63, 3.8) is 0 Å². The van der Waals surface area contributed by atoms with E-state index in [4.69, 9.17) is 28.6 Å². The molecule has 0 atom stereocenters. The van der Waals surface area contributed by atoms with Crippen molar-refractivity contribution in [2.75, 3.05) is 11.9 Å². The Morgan fingerprint density at radius 1 is 1.15 bits per heavy atom. The highest BCUT2D eigenvalue weighted by Gasteiger charge is 2.06. The fraction of sp³-hybridized carbons (Fsp3) is 0.211. The second-order valence-electron chi connectivity index (χ2n) is 5.55. The van der Waals surface area contributed by atoms with Crippen LogP contribution in [0, 0.1) is 0 Å². The van der Waals surface area contributed by atoms with Crippen molar-refractivity contribution in [2.45, 2.75) is 19.8 Å². The summed E-state index contributed by atoms with van der Waals surface area (Å²) in [5.41, 5.74) is 1.22. The summed E-state index contributed by atoms with van der Waals surface area (Å²) in [5.74, 6) is 0.464. The number of ether oxygens (including phenoxy) is 1. The van der Waals surface area contributed by atoms with E-state index in [1.165, 1.54) is 6.92 Å². The molecular formula is C19H19ClN2O3S. The van der Waals surface area contributed by atoms with E-state index in [9.17, 15) is 9.59 Å². The Labute approximate surface area is 162 Å². The topological polar surface area (TPSA) is 67.4 Å². The summed E-state index contributed by atoms with van der Waals surface area (Å²) in [7, 11) is 0. The highest BCUT2D eigenvalue weighted by molar-refractivity contribution is 7.80. The Balaban J connectivity index is 1.70. The SMILES string of the molecule is CC(=O)c1cccc(NC(=S)NC(=O)CCCOc2ccc(Cl)cc2)c1. The van der Waals surface area contributed by atoms with Crippen LogP contribution in [0.4, 0.5) is 5.69 Å². The molecule has 0 saturated heterocycles. The molecule has 136 valence electrons. The van der Waals surface area contributed by atoms with Gasteiger partial charge >= 0.3 is 0 Å². The van der Waals surface area contributed by atoms with Crippen LogP contribution in [0.5, 0.6) is 5.75 Å². The first-order valence-electron chi connectivity index (χ1n) is 8.04. The number of halogens is 1. The van der Waals surface area contributed by atoms with Crippen molar-refractivity contribution in [1.82, 2.24) is 5.32 Å². The van der Waals surface area contributed by atoms with Crippen LogP contribution in [-0.2, 0) is 4.79 Å². The Hall–Kier alpha value is -2.44. The monoisotopic (exact) mass is 390 g/mol. The zero-order chi connectivity index (χ0) is 18.9. The summed E-state index contributed by atoms with van der Waals surface area (Å²) >= 11 is 10.9. The third kappa shape index (κ3) is 6.82. The van der Waals surface area contributed by atoms with Gasteiger partial charge in [0, 0.05) is 22.7 Å². The average Bonchev–Trinajstić information content (AvgIpc) is 2.60. The smallest absolute Gasteiger partial charge is 0.226 e. The first-order chi connectivity index (χ1) is 12.4. The number of Topliss-reactive ketones (excluding diaryl/α,β-unsaturated/α-hetero) is 1. The van der Waals surface area contributed by atoms with Crippen molar-refractivity contribution in [3.05, 3.63) is 59.1 Å². The molecule has 0 radical (unpaired) electrons. The molecule has 0 bridgehead atoms. The number of amides is 1. The summed E-state index contributed by atoms with van der Waals surface area (Å²) in [6.07, 6.45) is 0.833. The summed E-state index contributed by atoms with van der Waals surface area (Å²) in [5, 5.41) is 6.33. The number of nitrogens with one attached hydrogen (secondary N) is 2. The minimum atomic E-state index is -0.204. The third-order valence-corrected chi connectivity index (χ3v) is 3.87. The van der Waals surface area contributed by atoms with Crippen LogP contribution in [0.15, 0.2) is 48.5 Å². The van der Waals surface area contributed by atoms with Crippen molar-refractivity contribution < 1.29 is 14.3 Å². The van der Waals surface area contributed by atoms with Gasteiger partial charge < -0.3 is 15.4 Å². The summed E-state index contributed by atoms with van der Waals surface area (Å²) < 4.78 is 5.53. The molecule has 0 fully saturated rings. The lowest BCUT2D eigenvalue weighted by molar-refractivity contribution is -0.119. The first kappa shape index (κ1) is 19.9. The van der Waals surface area contributed by atoms with Crippen molar-refractivity contribution in [1.29, 1.82) is 0 Å². The Morgan fingerprint density at radius 2 is 1.88 bits per heavy atom. The van der Waals surface area contributed by atoms with Gasteiger partial charge in [-0.05, 0) is 62.0 Å². The second-order valence-corrected chi connectivity index (χ2v) is 6.39. The standard InChI is InChI=1S/C19H19ClN2O3S/c1-13(23)14-4-2-5-16(12-14)21-19(26)22-18(24)6-3-11-25-17-9-7-15(20)8-10-17/h2,4-5,7-10,12H,3,6,11H2,1H3,(H2,21,22,24,26). The van der Waals surface area contributed by atoms with Gasteiger partial charge in [0.2, 0.25) is 5.91 Å². The molecule has 2 N–H and O–H groups in total. The van der Waals surface area contributed by atoms with Crippen molar-refractivity contribution >= 4 is 46.3 Å². The predicted octanol–water partition coefficient (Wildman–Crippen LogP) is 4.21. The number of hydrogen-bond acceptors (Lipinski definition) is 4. The highest BCUT2D eigenvalue weighted by atomic mass is 35.5. The maximum absolute atomic E-state index is 11.9. The summed E-state index contributed by atoms with van der Waals surface area (Å²) in [6, 6.07) is 14.0. The van der Waals surface area contributed by atoms with Crippen LogP contribution in [-0.4, -0.2) is 23.4 Å². The van der Waals surface area contributed by atoms with E-state index in [0.29, 0.717) is 35.1 Å². The van der Waals surface area contributed by atoms with E-state index in [1.54, 1.807) is 48.5 Å². The Kier molecular flexibility index (Phi) is 7.56. The van der Waals surface area contributed by atoms with E-state index in [1.807, 2.05) is 0 Å². The molecule has 0 aliphatic rings. The molecule has 7 heteroatoms. The second kappa shape index (κ2) is 9.89. The molecule has 2 aromatic rings. The van der Waals surface area contributed by atoms with E-state index in [-0.39, 0.29) is 23.2 Å². The maximum Gasteiger partial charge on any atom is 0.226 e. The maximum atomic E-state index is 11.9. The fourth-order valence-corrected chi connectivity index (χ4v) is 2.48. The minimum Gasteiger partial charge on any atom is -0.494 e. The number of thiocarbonyl (C=S) groups is 1. The Morgan fingerprint density at radius 3 is 2.58 bits per heavy atom. The lowest BCUT2D eigenvalue weighted by Crippen LogP contribution is -2.34. The normalized spacial score (nSPS) is 10.1. The largest absolute Gasteiger partial charge is 0.494 e. The van der Waals surface area contributed by atoms with Gasteiger partial charge in [-0.1, -0.05) is 23.7 Å². The third-order valence-electron chi connectivity index (χ3n) is 3.41. The average molecular weight is 391 g/mol. The quantitative estimate of drug-likeness (QED) is 0.421. The minimum absolute atomic E-state index is 0.0377. The number of carbonyl (C=O) groups excluding carboxylic acids is 2. The lowest BCUT2D eigenvalue weighted by Gasteiger charge is -2.10. The molecule has 0 saturated carbocycles. The van der Waals surface area contributed by atoms with Gasteiger partial charge in [-0.25, -0.2) is 0 Å². The molecule has 0 unspecified atom stereocenters. The lowest BCUT2D eigenvalue weighted by atomic mass is 10.1. The van der Waals surface area contributed by atoms with Crippen LogP contribution >= 0.6 is 23.8 Å². The predicted molar refractivity (Wildman–Crippen MR) is 107 cm³/mol. The number of ketones is 1. The van der Waals surface area contributed by atoms with Gasteiger partial charge in [-0.2, -0.15) is 0 Å². The van der Waals surface area contributed by atoms with Gasteiger partial charge in [0.15, 0.2) is 10.9 Å². The molecule has 0 aromatic heterocycles. The van der Waals surface area contributed by atoms with E-state index < -0.39 is 0 Å². The highest BCUT2D eigenvalue weighted by Crippen LogP contribution is 2.15. The number of anilines is 1. The number of benzene rings is 2. The molecule has 2 rings (SSSR count). The number of hydrogen-bond donors (Lipinski definition) is 2. The van der Waals surface area contributed by atoms with Crippen LogP contribution < -0.4 is 15.4 Å². The van der Waals surface area contributed by atoms with E-state index >= 15 is 0 Å². The number of rotatable bonds is 7. The molecule has 0 aliphatic heterocycles. The van der Waals surface area contributed by atoms with Gasteiger partial charge in [0.1, 0.15) is 5.75 Å². The van der Waals surface area contributed by atoms with Gasteiger partial charge in [0.05, 0.1) is 6.61 Å². The molecule has 0 spiro atoms. The molecule has 0 aliphatic carbocycles. The number of carbonyl (C=O) groups is 2. The fourth-order valence-electron chi connectivity index (χ4n) is 2.12. The Bertz CT molecular complexity index is 794. The zero-order valence-electron chi connectivity index (χ0n) is 14.3.